The van der Waals surface area contributed by atoms with Crippen molar-refractivity contribution in [2.75, 3.05) is 17.2 Å². The van der Waals surface area contributed by atoms with Crippen molar-refractivity contribution >= 4 is 11.8 Å². The minimum atomic E-state index is 0.311. The maximum absolute atomic E-state index is 4.63. The van der Waals surface area contributed by atoms with Crippen LogP contribution in [0.1, 0.15) is 25.8 Å². The molecule has 0 saturated heterocycles. The molecule has 3 rings (SSSR count). The molecule has 0 radical (unpaired) electrons. The average molecular weight is 347 g/mol. The van der Waals surface area contributed by atoms with Gasteiger partial charge in [-0.1, -0.05) is 43.3 Å². The molecule has 3 aromatic rings. The van der Waals surface area contributed by atoms with E-state index in [-0.39, 0.29) is 0 Å². The molecule has 2 aromatic heterocycles. The zero-order valence-electron chi connectivity index (χ0n) is 15.3. The number of benzene rings is 1. The fourth-order valence-electron chi connectivity index (χ4n) is 2.55. The molecule has 0 spiro atoms. The van der Waals surface area contributed by atoms with Gasteiger partial charge < -0.3 is 10.6 Å². The highest BCUT2D eigenvalue weighted by Crippen LogP contribution is 2.20. The number of rotatable bonds is 8. The van der Waals surface area contributed by atoms with Crippen LogP contribution in [0, 0.1) is 0 Å². The summed E-state index contributed by atoms with van der Waals surface area (Å²) in [4.78, 5) is 13.7. The average Bonchev–Trinajstić information content (AvgIpc) is 2.69. The van der Waals surface area contributed by atoms with Crippen molar-refractivity contribution in [1.82, 2.24) is 15.0 Å². The molecule has 0 unspecified atom stereocenters. The third-order valence-corrected chi connectivity index (χ3v) is 4.20. The highest BCUT2D eigenvalue weighted by molar-refractivity contribution is 5.61. The van der Waals surface area contributed by atoms with Crippen molar-refractivity contribution in [1.29, 1.82) is 0 Å². The van der Waals surface area contributed by atoms with Crippen LogP contribution in [0.3, 0.4) is 0 Å². The van der Waals surface area contributed by atoms with Crippen LogP contribution in [0.2, 0.25) is 0 Å². The number of nitrogens with one attached hydrogen (secondary N) is 2. The molecule has 1 aromatic carbocycles. The maximum atomic E-state index is 4.63. The first-order chi connectivity index (χ1) is 12.7. The zero-order chi connectivity index (χ0) is 18.2. The smallest absolute Gasteiger partial charge is 0.225 e. The van der Waals surface area contributed by atoms with E-state index >= 15 is 0 Å². The van der Waals surface area contributed by atoms with Crippen molar-refractivity contribution < 1.29 is 0 Å². The van der Waals surface area contributed by atoms with Gasteiger partial charge in [-0.25, -0.2) is 4.98 Å². The fraction of sp³-hybridized carbons (Fsp3) is 0.286. The normalized spacial score (nSPS) is 11.8. The van der Waals surface area contributed by atoms with E-state index in [0.717, 1.165) is 36.6 Å². The molecular weight excluding hydrogens is 322 g/mol. The molecule has 0 fully saturated rings. The van der Waals surface area contributed by atoms with E-state index in [4.69, 9.17) is 0 Å². The topological polar surface area (TPSA) is 62.7 Å². The second kappa shape index (κ2) is 8.94. The number of aromatic nitrogens is 3. The summed E-state index contributed by atoms with van der Waals surface area (Å²) in [6.45, 7) is 5.07. The van der Waals surface area contributed by atoms with Gasteiger partial charge in [0.15, 0.2) is 0 Å². The second-order valence-corrected chi connectivity index (χ2v) is 6.29. The summed E-state index contributed by atoms with van der Waals surface area (Å²) in [6.07, 6.45) is 3.73. The van der Waals surface area contributed by atoms with Crippen molar-refractivity contribution in [3.05, 3.63) is 66.4 Å². The predicted molar refractivity (Wildman–Crippen MR) is 107 cm³/mol. The molecule has 0 saturated carbocycles. The predicted octanol–water partition coefficient (Wildman–Crippen LogP) is 4.40. The first-order valence-corrected chi connectivity index (χ1v) is 9.09. The number of hydrogen-bond acceptors (Lipinski definition) is 5. The highest BCUT2D eigenvalue weighted by atomic mass is 15.2. The number of hydrogen-bond donors (Lipinski definition) is 2. The van der Waals surface area contributed by atoms with Crippen LogP contribution in [0.15, 0.2) is 60.8 Å². The third kappa shape index (κ3) is 5.02. The number of anilines is 2. The number of pyridine rings is 1. The zero-order valence-corrected chi connectivity index (χ0v) is 15.3. The Bertz CT molecular complexity index is 805. The Morgan fingerprint density at radius 2 is 1.77 bits per heavy atom. The Balaban J connectivity index is 1.77. The van der Waals surface area contributed by atoms with Crippen LogP contribution in [0.5, 0.6) is 0 Å². The van der Waals surface area contributed by atoms with Crippen LogP contribution in [-0.4, -0.2) is 27.5 Å². The lowest BCUT2D eigenvalue weighted by Gasteiger charge is -2.14. The largest absolute Gasteiger partial charge is 0.370 e. The van der Waals surface area contributed by atoms with E-state index in [1.165, 1.54) is 5.56 Å². The molecule has 5 heteroatoms. The van der Waals surface area contributed by atoms with E-state index in [2.05, 4.69) is 63.7 Å². The van der Waals surface area contributed by atoms with Gasteiger partial charge >= 0.3 is 0 Å². The second-order valence-electron chi connectivity index (χ2n) is 6.29. The van der Waals surface area contributed by atoms with Crippen molar-refractivity contribution in [2.24, 2.45) is 0 Å². The van der Waals surface area contributed by atoms with Crippen molar-refractivity contribution in [3.8, 4) is 11.4 Å². The van der Waals surface area contributed by atoms with Crippen molar-refractivity contribution in [2.45, 2.75) is 32.7 Å². The molecule has 2 heterocycles. The Morgan fingerprint density at radius 3 is 2.50 bits per heavy atom. The summed E-state index contributed by atoms with van der Waals surface area (Å²) in [6, 6.07) is 18.5. The summed E-state index contributed by atoms with van der Waals surface area (Å²) in [5, 5.41) is 6.78. The molecule has 0 aliphatic rings. The molecule has 0 aliphatic heterocycles. The molecular formula is C21H25N5. The van der Waals surface area contributed by atoms with Crippen molar-refractivity contribution in [3.63, 3.8) is 0 Å². The van der Waals surface area contributed by atoms with Gasteiger partial charge in [0.05, 0.1) is 11.4 Å². The monoisotopic (exact) mass is 347 g/mol. The summed E-state index contributed by atoms with van der Waals surface area (Å²) >= 11 is 0. The molecule has 2 N–H and O–H groups in total. The number of nitrogens with zero attached hydrogens (tertiary/aromatic N) is 3. The summed E-state index contributed by atoms with van der Waals surface area (Å²) in [7, 11) is 0. The minimum Gasteiger partial charge on any atom is -0.370 e. The van der Waals surface area contributed by atoms with Gasteiger partial charge in [0.25, 0.3) is 0 Å². The first-order valence-electron chi connectivity index (χ1n) is 9.09. The van der Waals surface area contributed by atoms with Gasteiger partial charge in [-0.3, -0.25) is 4.98 Å². The molecule has 0 bridgehead atoms. The van der Waals surface area contributed by atoms with Gasteiger partial charge in [-0.15, -0.1) is 0 Å². The van der Waals surface area contributed by atoms with Gasteiger partial charge in [-0.05, 0) is 37.5 Å². The molecule has 26 heavy (non-hydrogen) atoms. The lowest BCUT2D eigenvalue weighted by atomic mass is 10.1. The molecule has 5 nitrogen and oxygen atoms in total. The lowest BCUT2D eigenvalue weighted by Crippen LogP contribution is -2.17. The van der Waals surface area contributed by atoms with E-state index in [1.54, 1.807) is 6.20 Å². The van der Waals surface area contributed by atoms with Crippen LogP contribution in [-0.2, 0) is 6.42 Å². The minimum absolute atomic E-state index is 0.311. The Hall–Kier alpha value is -2.95. The van der Waals surface area contributed by atoms with E-state index < -0.39 is 0 Å². The van der Waals surface area contributed by atoms with E-state index in [9.17, 15) is 0 Å². The van der Waals surface area contributed by atoms with Gasteiger partial charge in [0, 0.05) is 24.8 Å². The Kier molecular flexibility index (Phi) is 6.14. The summed E-state index contributed by atoms with van der Waals surface area (Å²) < 4.78 is 0. The Labute approximate surface area is 154 Å². The van der Waals surface area contributed by atoms with E-state index in [1.807, 2.05) is 30.3 Å². The highest BCUT2D eigenvalue weighted by Gasteiger charge is 2.09. The third-order valence-electron chi connectivity index (χ3n) is 4.20. The SMILES string of the molecule is CC[C@@H](C)Nc1nc(NCCc2ccccc2)cc(-c2ccccn2)n1. The quantitative estimate of drug-likeness (QED) is 0.632. The molecule has 134 valence electrons. The van der Waals surface area contributed by atoms with Gasteiger partial charge in [0.2, 0.25) is 5.95 Å². The van der Waals surface area contributed by atoms with Crippen LogP contribution in [0.4, 0.5) is 11.8 Å². The lowest BCUT2D eigenvalue weighted by molar-refractivity contribution is 0.753. The van der Waals surface area contributed by atoms with E-state index in [0.29, 0.717) is 12.0 Å². The molecule has 0 amide bonds. The van der Waals surface area contributed by atoms with Gasteiger partial charge in [0.1, 0.15) is 5.82 Å². The maximum Gasteiger partial charge on any atom is 0.225 e. The molecule has 1 atom stereocenters. The summed E-state index contributed by atoms with van der Waals surface area (Å²) in [5.74, 6) is 1.44. The Morgan fingerprint density at radius 1 is 0.962 bits per heavy atom. The van der Waals surface area contributed by atoms with Crippen LogP contribution < -0.4 is 10.6 Å². The fourth-order valence-corrected chi connectivity index (χ4v) is 2.55. The van der Waals surface area contributed by atoms with Crippen LogP contribution >= 0.6 is 0 Å². The first kappa shape index (κ1) is 17.9. The standard InChI is InChI=1S/C21H25N5/c1-3-16(2)24-21-25-19(18-11-7-8-13-22-18)15-20(26-21)23-14-12-17-9-5-4-6-10-17/h4-11,13,15-16H,3,12,14H2,1-2H3,(H2,23,24,25,26)/t16-/m1/s1. The molecule has 0 aliphatic carbocycles. The van der Waals surface area contributed by atoms with Crippen LogP contribution in [0.25, 0.3) is 11.4 Å². The van der Waals surface area contributed by atoms with Gasteiger partial charge in [-0.2, -0.15) is 4.98 Å². The summed E-state index contributed by atoms with van der Waals surface area (Å²) in [5.41, 5.74) is 2.96.